The monoisotopic (exact) mass is 356 g/mol. The molecular formula is C17H13BrN2O2. The summed E-state index contributed by atoms with van der Waals surface area (Å²) in [5.41, 5.74) is 1.84. The summed E-state index contributed by atoms with van der Waals surface area (Å²) in [6.07, 6.45) is 0. The Morgan fingerprint density at radius 2 is 1.77 bits per heavy atom. The highest BCUT2D eigenvalue weighted by Crippen LogP contribution is 2.22. The molecule has 0 saturated heterocycles. The van der Waals surface area contributed by atoms with Crippen molar-refractivity contribution in [2.24, 2.45) is 0 Å². The van der Waals surface area contributed by atoms with Crippen LogP contribution in [0.1, 0.15) is 16.2 Å². The second-order valence-electron chi connectivity index (χ2n) is 4.75. The fourth-order valence-corrected chi connectivity index (χ4v) is 2.30. The molecule has 0 aliphatic carbocycles. The van der Waals surface area contributed by atoms with Crippen molar-refractivity contribution in [3.63, 3.8) is 0 Å². The Kier molecular flexibility index (Phi) is 4.06. The van der Waals surface area contributed by atoms with Gasteiger partial charge in [0.15, 0.2) is 5.69 Å². The number of carbonyl (C=O) groups excluding carboxylic acids is 1. The summed E-state index contributed by atoms with van der Waals surface area (Å²) < 4.78 is 6.55. The van der Waals surface area contributed by atoms with Crippen LogP contribution in [0.2, 0.25) is 0 Å². The SMILES string of the molecule is Cc1oc(-c2ccccc2)nc1C(=O)Nc1ccc(Br)cc1. The van der Waals surface area contributed by atoms with E-state index in [0.717, 1.165) is 10.0 Å². The molecule has 2 aromatic carbocycles. The molecule has 5 heteroatoms. The van der Waals surface area contributed by atoms with E-state index >= 15 is 0 Å². The van der Waals surface area contributed by atoms with Crippen LogP contribution in [0, 0.1) is 6.92 Å². The van der Waals surface area contributed by atoms with Crippen molar-refractivity contribution in [1.82, 2.24) is 4.98 Å². The van der Waals surface area contributed by atoms with Crippen LogP contribution in [0.3, 0.4) is 0 Å². The molecule has 0 bridgehead atoms. The molecule has 22 heavy (non-hydrogen) atoms. The first-order valence-corrected chi connectivity index (χ1v) is 7.52. The van der Waals surface area contributed by atoms with Crippen molar-refractivity contribution in [3.8, 4) is 11.5 Å². The van der Waals surface area contributed by atoms with Crippen molar-refractivity contribution in [2.75, 3.05) is 5.32 Å². The minimum atomic E-state index is -0.286. The van der Waals surface area contributed by atoms with Crippen molar-refractivity contribution in [1.29, 1.82) is 0 Å². The van der Waals surface area contributed by atoms with Gasteiger partial charge in [-0.15, -0.1) is 0 Å². The number of oxazole rings is 1. The molecule has 3 aromatic rings. The van der Waals surface area contributed by atoms with Crippen LogP contribution < -0.4 is 5.32 Å². The van der Waals surface area contributed by atoms with Crippen molar-refractivity contribution in [2.45, 2.75) is 6.92 Å². The summed E-state index contributed by atoms with van der Waals surface area (Å²) in [6.45, 7) is 1.73. The number of rotatable bonds is 3. The van der Waals surface area contributed by atoms with Gasteiger partial charge < -0.3 is 9.73 Å². The Morgan fingerprint density at radius 1 is 1.09 bits per heavy atom. The molecule has 1 amide bonds. The van der Waals surface area contributed by atoms with Gasteiger partial charge in [0.25, 0.3) is 5.91 Å². The van der Waals surface area contributed by atoms with E-state index < -0.39 is 0 Å². The minimum Gasteiger partial charge on any atom is -0.441 e. The second kappa shape index (κ2) is 6.15. The summed E-state index contributed by atoms with van der Waals surface area (Å²) in [6, 6.07) is 16.9. The van der Waals surface area contributed by atoms with Crippen LogP contribution in [-0.4, -0.2) is 10.9 Å². The van der Waals surface area contributed by atoms with E-state index in [1.54, 1.807) is 6.92 Å². The van der Waals surface area contributed by atoms with E-state index in [2.05, 4.69) is 26.2 Å². The van der Waals surface area contributed by atoms with Crippen molar-refractivity contribution >= 4 is 27.5 Å². The lowest BCUT2D eigenvalue weighted by atomic mass is 10.2. The van der Waals surface area contributed by atoms with Crippen molar-refractivity contribution < 1.29 is 9.21 Å². The number of hydrogen-bond donors (Lipinski definition) is 1. The smallest absolute Gasteiger partial charge is 0.277 e. The van der Waals surface area contributed by atoms with Crippen LogP contribution in [-0.2, 0) is 0 Å². The first-order valence-electron chi connectivity index (χ1n) is 6.73. The van der Waals surface area contributed by atoms with E-state index in [0.29, 0.717) is 23.0 Å². The highest BCUT2D eigenvalue weighted by Gasteiger charge is 2.18. The maximum absolute atomic E-state index is 12.3. The summed E-state index contributed by atoms with van der Waals surface area (Å²) in [7, 11) is 0. The average molecular weight is 357 g/mol. The van der Waals surface area contributed by atoms with Gasteiger partial charge in [0.05, 0.1) is 0 Å². The molecule has 0 aliphatic rings. The van der Waals surface area contributed by atoms with Gasteiger partial charge in [0, 0.05) is 15.7 Å². The van der Waals surface area contributed by atoms with E-state index in [1.165, 1.54) is 0 Å². The predicted molar refractivity (Wildman–Crippen MR) is 88.8 cm³/mol. The average Bonchev–Trinajstić information content (AvgIpc) is 2.92. The summed E-state index contributed by atoms with van der Waals surface area (Å²) >= 11 is 3.36. The third-order valence-corrected chi connectivity index (χ3v) is 3.66. The lowest BCUT2D eigenvalue weighted by molar-refractivity contribution is 0.102. The molecule has 3 rings (SSSR count). The molecule has 0 atom stereocenters. The minimum absolute atomic E-state index is 0.286. The number of halogens is 1. The standard InChI is InChI=1S/C17H13BrN2O2/c1-11-15(16(21)19-14-9-7-13(18)8-10-14)20-17(22-11)12-5-3-2-4-6-12/h2-10H,1H3,(H,19,21). The number of aryl methyl sites for hydroxylation is 1. The fourth-order valence-electron chi connectivity index (χ4n) is 2.03. The predicted octanol–water partition coefficient (Wildman–Crippen LogP) is 4.66. The molecule has 0 unspecified atom stereocenters. The zero-order valence-electron chi connectivity index (χ0n) is 11.8. The highest BCUT2D eigenvalue weighted by molar-refractivity contribution is 9.10. The first-order chi connectivity index (χ1) is 10.6. The summed E-state index contributed by atoms with van der Waals surface area (Å²) in [5, 5.41) is 2.81. The molecule has 1 aromatic heterocycles. The molecule has 0 spiro atoms. The number of carbonyl (C=O) groups is 1. The number of hydrogen-bond acceptors (Lipinski definition) is 3. The molecule has 1 N–H and O–H groups in total. The van der Waals surface area contributed by atoms with Crippen LogP contribution in [0.4, 0.5) is 5.69 Å². The molecular weight excluding hydrogens is 344 g/mol. The Morgan fingerprint density at radius 3 is 2.45 bits per heavy atom. The van der Waals surface area contributed by atoms with Gasteiger partial charge in [0.2, 0.25) is 5.89 Å². The zero-order valence-corrected chi connectivity index (χ0v) is 13.4. The van der Waals surface area contributed by atoms with Gasteiger partial charge in [0.1, 0.15) is 5.76 Å². The maximum Gasteiger partial charge on any atom is 0.277 e. The number of amides is 1. The fraction of sp³-hybridized carbons (Fsp3) is 0.0588. The number of nitrogens with zero attached hydrogens (tertiary/aromatic N) is 1. The van der Waals surface area contributed by atoms with Gasteiger partial charge >= 0.3 is 0 Å². The lowest BCUT2D eigenvalue weighted by Crippen LogP contribution is -2.13. The number of anilines is 1. The summed E-state index contributed by atoms with van der Waals surface area (Å²) in [4.78, 5) is 16.6. The lowest BCUT2D eigenvalue weighted by Gasteiger charge is -2.03. The maximum atomic E-state index is 12.3. The van der Waals surface area contributed by atoms with Gasteiger partial charge in [-0.3, -0.25) is 4.79 Å². The Labute approximate surface area is 136 Å². The van der Waals surface area contributed by atoms with Crippen LogP contribution in [0.25, 0.3) is 11.5 Å². The number of nitrogens with one attached hydrogen (secondary N) is 1. The topological polar surface area (TPSA) is 55.1 Å². The number of benzene rings is 2. The molecule has 110 valence electrons. The quantitative estimate of drug-likeness (QED) is 0.741. The molecule has 0 saturated carbocycles. The van der Waals surface area contributed by atoms with Gasteiger partial charge in [-0.1, -0.05) is 34.1 Å². The van der Waals surface area contributed by atoms with Crippen LogP contribution >= 0.6 is 15.9 Å². The van der Waals surface area contributed by atoms with E-state index in [-0.39, 0.29) is 5.91 Å². The molecule has 0 radical (unpaired) electrons. The summed E-state index contributed by atoms with van der Waals surface area (Å²) in [5.74, 6) is 0.651. The largest absolute Gasteiger partial charge is 0.441 e. The molecule has 0 aliphatic heterocycles. The van der Waals surface area contributed by atoms with Crippen LogP contribution in [0.5, 0.6) is 0 Å². The molecule has 1 heterocycles. The van der Waals surface area contributed by atoms with Gasteiger partial charge in [-0.2, -0.15) is 0 Å². The molecule has 0 fully saturated rings. The normalized spacial score (nSPS) is 10.5. The van der Waals surface area contributed by atoms with Crippen molar-refractivity contribution in [3.05, 3.63) is 70.5 Å². The zero-order chi connectivity index (χ0) is 15.5. The van der Waals surface area contributed by atoms with Gasteiger partial charge in [-0.25, -0.2) is 4.98 Å². The van der Waals surface area contributed by atoms with E-state index in [4.69, 9.17) is 4.42 Å². The van der Waals surface area contributed by atoms with Gasteiger partial charge in [-0.05, 0) is 43.3 Å². The van der Waals surface area contributed by atoms with E-state index in [9.17, 15) is 4.79 Å². The Hall–Kier alpha value is -2.40. The third-order valence-electron chi connectivity index (χ3n) is 3.13. The first kappa shape index (κ1) is 14.5. The molecule has 4 nitrogen and oxygen atoms in total. The third kappa shape index (κ3) is 3.09. The highest BCUT2D eigenvalue weighted by atomic mass is 79.9. The Balaban J connectivity index is 1.84. The Bertz CT molecular complexity index is 795. The number of aromatic nitrogens is 1. The second-order valence-corrected chi connectivity index (χ2v) is 5.67. The van der Waals surface area contributed by atoms with Crippen LogP contribution in [0.15, 0.2) is 63.5 Å². The van der Waals surface area contributed by atoms with E-state index in [1.807, 2.05) is 54.6 Å².